The number of carbonyl (C=O) groups excluding carboxylic acids is 1. The molecule has 0 unspecified atom stereocenters. The number of piperidine rings is 1. The van der Waals surface area contributed by atoms with E-state index in [4.69, 9.17) is 4.52 Å². The Hall–Kier alpha value is -3.05. The first-order chi connectivity index (χ1) is 14.9. The van der Waals surface area contributed by atoms with E-state index in [0.29, 0.717) is 30.9 Å². The Kier molecular flexibility index (Phi) is 5.88. The van der Waals surface area contributed by atoms with Gasteiger partial charge in [0.25, 0.3) is 0 Å². The van der Waals surface area contributed by atoms with Gasteiger partial charge in [-0.25, -0.2) is 18.1 Å². The Morgan fingerprint density at radius 2 is 2.03 bits per heavy atom. The van der Waals surface area contributed by atoms with Crippen molar-refractivity contribution in [3.8, 4) is 5.82 Å². The van der Waals surface area contributed by atoms with Gasteiger partial charge in [-0.15, -0.1) is 0 Å². The zero-order chi connectivity index (χ0) is 22.0. The predicted octanol–water partition coefficient (Wildman–Crippen LogP) is 1.59. The van der Waals surface area contributed by atoms with E-state index in [-0.39, 0.29) is 35.6 Å². The van der Waals surface area contributed by atoms with Gasteiger partial charge in [0, 0.05) is 44.1 Å². The number of nitrogens with one attached hydrogen (secondary N) is 1. The molecule has 1 saturated heterocycles. The summed E-state index contributed by atoms with van der Waals surface area (Å²) in [5, 5.41) is 10.8. The molecule has 1 aliphatic heterocycles. The van der Waals surface area contributed by atoms with Gasteiger partial charge >= 0.3 is 0 Å². The summed E-state index contributed by atoms with van der Waals surface area (Å²) in [6.45, 7) is 4.13. The summed E-state index contributed by atoms with van der Waals surface area (Å²) in [4.78, 5) is 17.1. The predicted molar refractivity (Wildman–Crippen MR) is 111 cm³/mol. The maximum absolute atomic E-state index is 12.9. The second-order valence-corrected chi connectivity index (χ2v) is 9.40. The summed E-state index contributed by atoms with van der Waals surface area (Å²) in [5.74, 6) is 0.675. The van der Waals surface area contributed by atoms with Crippen molar-refractivity contribution in [1.29, 1.82) is 0 Å². The van der Waals surface area contributed by atoms with Crippen molar-refractivity contribution in [3.63, 3.8) is 0 Å². The number of aryl methyl sites for hydroxylation is 2. The van der Waals surface area contributed by atoms with E-state index in [1.807, 2.05) is 24.4 Å². The van der Waals surface area contributed by atoms with E-state index in [2.05, 4.69) is 20.6 Å². The molecule has 10 nitrogen and oxygen atoms in total. The largest absolute Gasteiger partial charge is 0.360 e. The number of aromatic nitrogens is 4. The van der Waals surface area contributed by atoms with Crippen molar-refractivity contribution >= 4 is 15.9 Å². The van der Waals surface area contributed by atoms with Crippen LogP contribution in [0.4, 0.5) is 0 Å². The molecule has 0 aliphatic carbocycles. The van der Waals surface area contributed by atoms with E-state index in [0.717, 1.165) is 5.56 Å². The van der Waals surface area contributed by atoms with Gasteiger partial charge in [-0.1, -0.05) is 11.2 Å². The molecule has 1 aliphatic rings. The maximum Gasteiger partial charge on any atom is 0.248 e. The summed E-state index contributed by atoms with van der Waals surface area (Å²) in [5.41, 5.74) is 1.23. The van der Waals surface area contributed by atoms with Gasteiger partial charge in [-0.05, 0) is 44.4 Å². The number of amides is 1. The summed E-state index contributed by atoms with van der Waals surface area (Å²) in [6.07, 6.45) is 6.12. The van der Waals surface area contributed by atoms with Crippen LogP contribution < -0.4 is 5.32 Å². The normalized spacial score (nSPS) is 15.8. The minimum atomic E-state index is -3.68. The van der Waals surface area contributed by atoms with E-state index in [1.165, 1.54) is 4.31 Å². The highest BCUT2D eigenvalue weighted by atomic mass is 32.2. The molecule has 0 spiro atoms. The third-order valence-corrected chi connectivity index (χ3v) is 7.55. The number of hydrogen-bond acceptors (Lipinski definition) is 7. The third kappa shape index (κ3) is 4.37. The SMILES string of the molecule is Cc1noc(C)c1S(=O)(=O)N1CCC(C(=O)NCc2ccc(-n3cccn3)nc2)CC1. The molecule has 4 rings (SSSR count). The van der Waals surface area contributed by atoms with Gasteiger partial charge in [-0.2, -0.15) is 9.40 Å². The molecular formula is C20H24N6O4S. The van der Waals surface area contributed by atoms with Gasteiger partial charge < -0.3 is 9.84 Å². The lowest BCUT2D eigenvalue weighted by Gasteiger charge is -2.30. The van der Waals surface area contributed by atoms with Gasteiger partial charge in [0.15, 0.2) is 11.6 Å². The zero-order valence-electron chi connectivity index (χ0n) is 17.4. The van der Waals surface area contributed by atoms with Crippen molar-refractivity contribution in [2.24, 2.45) is 5.92 Å². The molecule has 3 aromatic heterocycles. The molecule has 4 heterocycles. The number of pyridine rings is 1. The Labute approximate surface area is 180 Å². The molecule has 0 radical (unpaired) electrons. The highest BCUT2D eigenvalue weighted by molar-refractivity contribution is 7.89. The zero-order valence-corrected chi connectivity index (χ0v) is 18.2. The average molecular weight is 445 g/mol. The monoisotopic (exact) mass is 444 g/mol. The van der Waals surface area contributed by atoms with Crippen LogP contribution in [0.15, 0.2) is 46.2 Å². The van der Waals surface area contributed by atoms with Crippen LogP contribution in [0.5, 0.6) is 0 Å². The van der Waals surface area contributed by atoms with Crippen LogP contribution in [0.2, 0.25) is 0 Å². The summed E-state index contributed by atoms with van der Waals surface area (Å²) in [6, 6.07) is 5.55. The topological polar surface area (TPSA) is 123 Å². The van der Waals surface area contributed by atoms with Crippen molar-refractivity contribution in [1.82, 2.24) is 29.5 Å². The molecule has 31 heavy (non-hydrogen) atoms. The Balaban J connectivity index is 1.30. The molecule has 0 bridgehead atoms. The van der Waals surface area contributed by atoms with Crippen LogP contribution in [0.3, 0.4) is 0 Å². The first-order valence-electron chi connectivity index (χ1n) is 10.0. The lowest BCUT2D eigenvalue weighted by atomic mass is 9.97. The average Bonchev–Trinajstić information content (AvgIpc) is 3.42. The number of hydrogen-bond donors (Lipinski definition) is 1. The minimum absolute atomic E-state index is 0.0782. The molecule has 1 fully saturated rings. The van der Waals surface area contributed by atoms with Crippen LogP contribution in [0.25, 0.3) is 5.82 Å². The van der Waals surface area contributed by atoms with Crippen LogP contribution >= 0.6 is 0 Å². The standard InChI is InChI=1S/C20H24N6O4S/c1-14-19(15(2)30-24-14)31(28,29)25-10-6-17(7-11-25)20(27)22-13-16-4-5-18(21-12-16)26-9-3-8-23-26/h3-5,8-9,12,17H,6-7,10-11,13H2,1-2H3,(H,22,27). The van der Waals surface area contributed by atoms with Gasteiger partial charge in [0.2, 0.25) is 15.9 Å². The second-order valence-electron chi connectivity index (χ2n) is 7.52. The van der Waals surface area contributed by atoms with Crippen LogP contribution in [0, 0.1) is 19.8 Å². The lowest BCUT2D eigenvalue weighted by molar-refractivity contribution is -0.126. The van der Waals surface area contributed by atoms with Crippen molar-refractivity contribution in [2.45, 2.75) is 38.1 Å². The molecule has 164 valence electrons. The smallest absolute Gasteiger partial charge is 0.248 e. The van der Waals surface area contributed by atoms with E-state index < -0.39 is 10.0 Å². The molecule has 1 N–H and O–H groups in total. The minimum Gasteiger partial charge on any atom is -0.360 e. The first-order valence-corrected chi connectivity index (χ1v) is 11.5. The molecule has 11 heteroatoms. The van der Waals surface area contributed by atoms with E-state index in [9.17, 15) is 13.2 Å². The first kappa shape index (κ1) is 21.2. The Morgan fingerprint density at radius 1 is 1.26 bits per heavy atom. The third-order valence-electron chi connectivity index (χ3n) is 5.41. The van der Waals surface area contributed by atoms with Crippen LogP contribution in [-0.4, -0.2) is 51.6 Å². The summed E-state index contributed by atoms with van der Waals surface area (Å²) >= 11 is 0. The summed E-state index contributed by atoms with van der Waals surface area (Å²) < 4.78 is 33.9. The summed E-state index contributed by atoms with van der Waals surface area (Å²) in [7, 11) is -3.68. The molecule has 0 atom stereocenters. The van der Waals surface area contributed by atoms with Crippen molar-refractivity contribution < 1.29 is 17.7 Å². The second kappa shape index (κ2) is 8.60. The molecule has 0 aromatic carbocycles. The lowest BCUT2D eigenvalue weighted by Crippen LogP contribution is -2.43. The number of nitrogens with zero attached hydrogens (tertiary/aromatic N) is 5. The number of carbonyl (C=O) groups is 1. The van der Waals surface area contributed by atoms with Crippen molar-refractivity contribution in [3.05, 3.63) is 53.8 Å². The fourth-order valence-corrected chi connectivity index (χ4v) is 5.49. The van der Waals surface area contributed by atoms with Crippen LogP contribution in [0.1, 0.15) is 29.9 Å². The quantitative estimate of drug-likeness (QED) is 0.612. The number of sulfonamides is 1. The fraction of sp³-hybridized carbons (Fsp3) is 0.400. The van der Waals surface area contributed by atoms with E-state index >= 15 is 0 Å². The van der Waals surface area contributed by atoms with Gasteiger partial charge in [0.05, 0.1) is 0 Å². The molecule has 1 amide bonds. The van der Waals surface area contributed by atoms with Gasteiger partial charge in [0.1, 0.15) is 10.6 Å². The molecular weight excluding hydrogens is 420 g/mol. The van der Waals surface area contributed by atoms with Gasteiger partial charge in [-0.3, -0.25) is 4.79 Å². The maximum atomic E-state index is 12.9. The fourth-order valence-electron chi connectivity index (χ4n) is 3.72. The Morgan fingerprint density at radius 3 is 2.61 bits per heavy atom. The molecule has 3 aromatic rings. The highest BCUT2D eigenvalue weighted by Crippen LogP contribution is 2.27. The van der Waals surface area contributed by atoms with E-state index in [1.54, 1.807) is 30.9 Å². The van der Waals surface area contributed by atoms with Crippen molar-refractivity contribution in [2.75, 3.05) is 13.1 Å². The number of rotatable bonds is 6. The molecule has 0 saturated carbocycles. The van der Waals surface area contributed by atoms with Crippen LogP contribution in [-0.2, 0) is 21.4 Å². The highest BCUT2D eigenvalue weighted by Gasteiger charge is 2.35. The Bertz CT molecular complexity index is 1130.